The maximum atomic E-state index is 3.87. The minimum Gasteiger partial charge on any atom is -0.0655 e. The highest BCUT2D eigenvalue weighted by atomic mass is 14.2. The van der Waals surface area contributed by atoms with E-state index in [1.807, 2.05) is 0 Å². The number of hydrogen-bond acceptors (Lipinski definition) is 0. The molecule has 0 aromatic carbocycles. The van der Waals surface area contributed by atoms with Gasteiger partial charge in [-0.2, -0.15) is 0 Å². The topological polar surface area (TPSA) is 0 Å². The maximum absolute atomic E-state index is 3.87. The summed E-state index contributed by atoms with van der Waals surface area (Å²) in [6, 6.07) is 0. The van der Waals surface area contributed by atoms with E-state index in [1.54, 1.807) is 0 Å². The fourth-order valence-corrected chi connectivity index (χ4v) is 1.03. The molecule has 0 aliphatic heterocycles. The minimum atomic E-state index is 0.571. The first-order valence-electron chi connectivity index (χ1n) is 3.97. The second-order valence-corrected chi connectivity index (χ2v) is 3.12. The van der Waals surface area contributed by atoms with Gasteiger partial charge in [0.2, 0.25) is 0 Å². The Balaban J connectivity index is 3.62. The van der Waals surface area contributed by atoms with Crippen molar-refractivity contribution in [3.05, 3.63) is 6.92 Å². The van der Waals surface area contributed by atoms with Crippen LogP contribution in [0.3, 0.4) is 0 Å². The van der Waals surface area contributed by atoms with Gasteiger partial charge >= 0.3 is 0 Å². The molecule has 0 N–H and O–H groups in total. The van der Waals surface area contributed by atoms with Crippen LogP contribution in [0, 0.1) is 6.92 Å². The van der Waals surface area contributed by atoms with E-state index in [4.69, 9.17) is 0 Å². The van der Waals surface area contributed by atoms with E-state index in [0.717, 1.165) is 6.42 Å². The molecule has 0 heterocycles. The molecule has 0 aliphatic rings. The standard InChI is InChI=1S/C8H18B/c1-4-7-8(9,5-2)6-3/h1,4-7,9H2,2-3H3. The van der Waals surface area contributed by atoms with Crippen molar-refractivity contribution in [1.82, 2.24) is 0 Å². The maximum Gasteiger partial charge on any atom is 0.109 e. The van der Waals surface area contributed by atoms with Crippen LogP contribution >= 0.6 is 0 Å². The predicted octanol–water partition coefficient (Wildman–Crippen LogP) is 2.21. The zero-order chi connectivity index (χ0) is 7.33. The van der Waals surface area contributed by atoms with Crippen molar-refractivity contribution >= 4 is 7.85 Å². The first-order chi connectivity index (χ1) is 4.18. The molecule has 0 spiro atoms. The smallest absolute Gasteiger partial charge is 0.0655 e. The molecule has 0 fully saturated rings. The van der Waals surface area contributed by atoms with Crippen LogP contribution < -0.4 is 0 Å². The molecule has 0 amide bonds. The van der Waals surface area contributed by atoms with E-state index in [1.165, 1.54) is 19.3 Å². The summed E-state index contributed by atoms with van der Waals surface area (Å²) in [7, 11) is 2.35. The van der Waals surface area contributed by atoms with Crippen molar-refractivity contribution < 1.29 is 0 Å². The third-order valence-corrected chi connectivity index (χ3v) is 2.49. The Morgan fingerprint density at radius 1 is 1.33 bits per heavy atom. The van der Waals surface area contributed by atoms with Gasteiger partial charge in [0.05, 0.1) is 0 Å². The third kappa shape index (κ3) is 2.93. The Hall–Kier alpha value is 0.0649. The highest BCUT2D eigenvalue weighted by molar-refractivity contribution is 6.15. The average Bonchev–Trinajstić information content (AvgIpc) is 1.89. The van der Waals surface area contributed by atoms with Gasteiger partial charge in [0.1, 0.15) is 7.85 Å². The molecule has 0 aromatic rings. The van der Waals surface area contributed by atoms with Crippen LogP contribution in [-0.2, 0) is 0 Å². The predicted molar refractivity (Wildman–Crippen MR) is 46.4 cm³/mol. The van der Waals surface area contributed by atoms with Crippen molar-refractivity contribution in [3.63, 3.8) is 0 Å². The van der Waals surface area contributed by atoms with Gasteiger partial charge in [-0.15, -0.1) is 0 Å². The van der Waals surface area contributed by atoms with E-state index < -0.39 is 0 Å². The average molecular weight is 125 g/mol. The second kappa shape index (κ2) is 3.97. The monoisotopic (exact) mass is 125 g/mol. The zero-order valence-electron chi connectivity index (χ0n) is 7.04. The summed E-state index contributed by atoms with van der Waals surface area (Å²) >= 11 is 0. The molecule has 0 aromatic heterocycles. The van der Waals surface area contributed by atoms with Gasteiger partial charge in [0, 0.05) is 0 Å². The summed E-state index contributed by atoms with van der Waals surface area (Å²) in [5.41, 5.74) is 0. The molecular weight excluding hydrogens is 107 g/mol. The summed E-state index contributed by atoms with van der Waals surface area (Å²) < 4.78 is 0. The Bertz CT molecular complexity index is 65.0. The molecular formula is C8H18B. The molecule has 0 rings (SSSR count). The van der Waals surface area contributed by atoms with Gasteiger partial charge in [-0.05, 0) is 0 Å². The van der Waals surface area contributed by atoms with E-state index in [2.05, 4.69) is 28.6 Å². The molecule has 0 bridgehead atoms. The lowest BCUT2D eigenvalue weighted by Gasteiger charge is -2.25. The molecule has 1 heteroatoms. The molecule has 0 nitrogen and oxygen atoms in total. The third-order valence-electron chi connectivity index (χ3n) is 2.49. The fourth-order valence-electron chi connectivity index (χ4n) is 1.03. The fraction of sp³-hybridized carbons (Fsp3) is 0.875. The highest BCUT2D eigenvalue weighted by Crippen LogP contribution is 2.35. The quantitative estimate of drug-likeness (QED) is 0.505. The molecule has 53 valence electrons. The first-order valence-corrected chi connectivity index (χ1v) is 3.97. The van der Waals surface area contributed by atoms with Crippen molar-refractivity contribution in [2.24, 2.45) is 0 Å². The van der Waals surface area contributed by atoms with Gasteiger partial charge in [0.15, 0.2) is 0 Å². The largest absolute Gasteiger partial charge is 0.109 e. The van der Waals surface area contributed by atoms with Crippen molar-refractivity contribution in [2.75, 3.05) is 0 Å². The van der Waals surface area contributed by atoms with Gasteiger partial charge in [0.25, 0.3) is 0 Å². The lowest BCUT2D eigenvalue weighted by Crippen LogP contribution is -2.09. The Morgan fingerprint density at radius 3 is 1.89 bits per heavy atom. The van der Waals surface area contributed by atoms with Crippen LogP contribution in [0.1, 0.15) is 39.5 Å². The summed E-state index contributed by atoms with van der Waals surface area (Å²) in [5.74, 6) is 0. The molecule has 0 aliphatic carbocycles. The summed E-state index contributed by atoms with van der Waals surface area (Å²) in [6.45, 7) is 8.39. The summed E-state index contributed by atoms with van der Waals surface area (Å²) in [5, 5.41) is 0.571. The summed E-state index contributed by atoms with van der Waals surface area (Å²) in [4.78, 5) is 0. The number of rotatable bonds is 4. The van der Waals surface area contributed by atoms with Crippen LogP contribution in [0.25, 0.3) is 0 Å². The van der Waals surface area contributed by atoms with Gasteiger partial charge in [-0.3, -0.25) is 0 Å². The zero-order valence-corrected chi connectivity index (χ0v) is 7.04. The van der Waals surface area contributed by atoms with E-state index in [9.17, 15) is 0 Å². The van der Waals surface area contributed by atoms with E-state index in [0.29, 0.717) is 5.31 Å². The van der Waals surface area contributed by atoms with Crippen molar-refractivity contribution in [2.45, 2.75) is 44.8 Å². The Morgan fingerprint density at radius 2 is 1.78 bits per heavy atom. The van der Waals surface area contributed by atoms with Crippen LogP contribution in [0.4, 0.5) is 0 Å². The molecule has 0 saturated heterocycles. The van der Waals surface area contributed by atoms with E-state index in [-0.39, 0.29) is 0 Å². The number of hydrogen-bond donors (Lipinski definition) is 0. The van der Waals surface area contributed by atoms with Crippen LogP contribution in [0.15, 0.2) is 0 Å². The molecule has 9 heavy (non-hydrogen) atoms. The Labute approximate surface area is 60.4 Å². The molecule has 0 atom stereocenters. The molecule has 0 unspecified atom stereocenters. The van der Waals surface area contributed by atoms with Crippen LogP contribution in [-0.4, -0.2) is 7.85 Å². The molecule has 0 saturated carbocycles. The second-order valence-electron chi connectivity index (χ2n) is 3.12. The lowest BCUT2D eigenvalue weighted by molar-refractivity contribution is 0.485. The van der Waals surface area contributed by atoms with Crippen molar-refractivity contribution in [1.29, 1.82) is 0 Å². The van der Waals surface area contributed by atoms with Gasteiger partial charge < -0.3 is 0 Å². The summed E-state index contributed by atoms with van der Waals surface area (Å²) in [6.07, 6.45) is 4.94. The van der Waals surface area contributed by atoms with Crippen LogP contribution in [0.2, 0.25) is 5.31 Å². The van der Waals surface area contributed by atoms with E-state index >= 15 is 0 Å². The Kier molecular flexibility index (Phi) is 4.00. The van der Waals surface area contributed by atoms with Crippen molar-refractivity contribution in [3.8, 4) is 0 Å². The molecule has 1 radical (unpaired) electrons. The normalized spacial score (nSPS) is 11.9. The van der Waals surface area contributed by atoms with Gasteiger partial charge in [-0.1, -0.05) is 51.8 Å². The SMILES string of the molecule is BC(CC)(CC)CC[CH2]. The van der Waals surface area contributed by atoms with Gasteiger partial charge in [-0.25, -0.2) is 0 Å². The lowest BCUT2D eigenvalue weighted by atomic mass is 9.62. The highest BCUT2D eigenvalue weighted by Gasteiger charge is 2.17. The first kappa shape index (κ1) is 9.06. The van der Waals surface area contributed by atoms with Crippen LogP contribution in [0.5, 0.6) is 0 Å². The minimum absolute atomic E-state index is 0.571.